The van der Waals surface area contributed by atoms with Crippen LogP contribution < -0.4 is 5.43 Å². The van der Waals surface area contributed by atoms with E-state index in [9.17, 15) is 4.79 Å². The molecule has 3 rings (SSSR count). The Morgan fingerprint density at radius 2 is 1.75 bits per heavy atom. The minimum atomic E-state index is -0.233. The standard InChI is InChI=1S/C20H19N3O/c1-13-8-10-16(11-9-13)15(3)22-23-20(24)18-12-14(2)21-19-7-5-4-6-17(18)19/h4-12H,1-3H3,(H,23,24). The molecule has 1 aromatic heterocycles. The van der Waals surface area contributed by atoms with Gasteiger partial charge < -0.3 is 0 Å². The number of rotatable bonds is 3. The van der Waals surface area contributed by atoms with Crippen LogP contribution in [0.5, 0.6) is 0 Å². The Morgan fingerprint density at radius 1 is 1.04 bits per heavy atom. The number of hydrazone groups is 1. The number of nitrogens with one attached hydrogen (secondary N) is 1. The molecule has 0 unspecified atom stereocenters. The molecule has 120 valence electrons. The van der Waals surface area contributed by atoms with E-state index >= 15 is 0 Å². The van der Waals surface area contributed by atoms with Crippen molar-refractivity contribution in [1.29, 1.82) is 0 Å². The molecular weight excluding hydrogens is 298 g/mol. The van der Waals surface area contributed by atoms with Gasteiger partial charge >= 0.3 is 0 Å². The highest BCUT2D eigenvalue weighted by Gasteiger charge is 2.11. The third-order valence-corrected chi connectivity index (χ3v) is 3.88. The predicted octanol–water partition coefficient (Wildman–Crippen LogP) is 4.01. The van der Waals surface area contributed by atoms with E-state index in [-0.39, 0.29) is 5.91 Å². The van der Waals surface area contributed by atoms with Gasteiger partial charge in [0.1, 0.15) is 0 Å². The number of para-hydroxylation sites is 1. The molecule has 2 aromatic carbocycles. The molecule has 0 aliphatic carbocycles. The van der Waals surface area contributed by atoms with Gasteiger partial charge in [0.2, 0.25) is 0 Å². The quantitative estimate of drug-likeness (QED) is 0.586. The molecule has 0 atom stereocenters. The molecule has 0 spiro atoms. The third kappa shape index (κ3) is 3.33. The first-order valence-corrected chi connectivity index (χ1v) is 7.82. The Morgan fingerprint density at radius 3 is 2.50 bits per heavy atom. The van der Waals surface area contributed by atoms with E-state index in [2.05, 4.69) is 15.5 Å². The summed E-state index contributed by atoms with van der Waals surface area (Å²) in [6, 6.07) is 17.4. The van der Waals surface area contributed by atoms with Gasteiger partial charge in [0.25, 0.3) is 5.91 Å². The summed E-state index contributed by atoms with van der Waals surface area (Å²) >= 11 is 0. The number of nitrogens with zero attached hydrogens (tertiary/aromatic N) is 2. The number of amides is 1. The summed E-state index contributed by atoms with van der Waals surface area (Å²) in [5, 5.41) is 5.06. The number of benzene rings is 2. The second-order valence-electron chi connectivity index (χ2n) is 5.83. The van der Waals surface area contributed by atoms with Crippen LogP contribution in [0.4, 0.5) is 0 Å². The zero-order chi connectivity index (χ0) is 17.1. The van der Waals surface area contributed by atoms with Crippen LogP contribution in [0, 0.1) is 13.8 Å². The van der Waals surface area contributed by atoms with Crippen LogP contribution in [-0.2, 0) is 0 Å². The van der Waals surface area contributed by atoms with Crippen molar-refractivity contribution in [2.45, 2.75) is 20.8 Å². The van der Waals surface area contributed by atoms with E-state index in [1.54, 1.807) is 6.07 Å². The highest BCUT2D eigenvalue weighted by atomic mass is 16.2. The van der Waals surface area contributed by atoms with Crippen LogP contribution in [0.15, 0.2) is 59.7 Å². The lowest BCUT2D eigenvalue weighted by atomic mass is 10.1. The normalized spacial score (nSPS) is 11.5. The Balaban J connectivity index is 1.87. The van der Waals surface area contributed by atoms with E-state index in [0.717, 1.165) is 27.9 Å². The molecule has 1 amide bonds. The molecule has 4 heteroatoms. The molecule has 3 aromatic rings. The van der Waals surface area contributed by atoms with Crippen molar-refractivity contribution in [3.63, 3.8) is 0 Å². The maximum Gasteiger partial charge on any atom is 0.272 e. The molecule has 0 aliphatic rings. The van der Waals surface area contributed by atoms with E-state index in [0.29, 0.717) is 5.56 Å². The minimum Gasteiger partial charge on any atom is -0.267 e. The van der Waals surface area contributed by atoms with Crippen molar-refractivity contribution < 1.29 is 4.79 Å². The van der Waals surface area contributed by atoms with Gasteiger partial charge in [0, 0.05) is 11.1 Å². The van der Waals surface area contributed by atoms with Gasteiger partial charge in [-0.3, -0.25) is 9.78 Å². The summed E-state index contributed by atoms with van der Waals surface area (Å²) in [6.07, 6.45) is 0. The van der Waals surface area contributed by atoms with Crippen LogP contribution >= 0.6 is 0 Å². The number of fused-ring (bicyclic) bond motifs is 1. The summed E-state index contributed by atoms with van der Waals surface area (Å²) in [7, 11) is 0. The maximum atomic E-state index is 12.6. The Hall–Kier alpha value is -3.01. The lowest BCUT2D eigenvalue weighted by Crippen LogP contribution is -2.20. The van der Waals surface area contributed by atoms with Gasteiger partial charge in [-0.05, 0) is 38.5 Å². The first-order chi connectivity index (χ1) is 11.5. The topological polar surface area (TPSA) is 54.4 Å². The second-order valence-corrected chi connectivity index (χ2v) is 5.83. The van der Waals surface area contributed by atoms with Gasteiger partial charge in [0.05, 0.1) is 16.8 Å². The van der Waals surface area contributed by atoms with E-state index in [4.69, 9.17) is 0 Å². The molecule has 1 heterocycles. The molecule has 0 saturated heterocycles. The molecule has 4 nitrogen and oxygen atoms in total. The summed E-state index contributed by atoms with van der Waals surface area (Å²) < 4.78 is 0. The average molecular weight is 317 g/mol. The Kier molecular flexibility index (Phi) is 4.38. The fourth-order valence-electron chi connectivity index (χ4n) is 2.55. The second kappa shape index (κ2) is 6.62. The lowest BCUT2D eigenvalue weighted by molar-refractivity contribution is 0.0956. The van der Waals surface area contributed by atoms with Crippen molar-refractivity contribution in [3.8, 4) is 0 Å². The fourth-order valence-corrected chi connectivity index (χ4v) is 2.55. The molecule has 0 bridgehead atoms. The molecule has 1 N–H and O–H groups in total. The zero-order valence-corrected chi connectivity index (χ0v) is 14.0. The summed E-state index contributed by atoms with van der Waals surface area (Å²) in [6.45, 7) is 5.79. The number of aryl methyl sites for hydroxylation is 2. The van der Waals surface area contributed by atoms with Gasteiger partial charge in [-0.2, -0.15) is 5.10 Å². The van der Waals surface area contributed by atoms with E-state index in [1.807, 2.05) is 69.3 Å². The number of aromatic nitrogens is 1. The molecular formula is C20H19N3O. The molecule has 0 saturated carbocycles. The fraction of sp³-hybridized carbons (Fsp3) is 0.150. The van der Waals surface area contributed by atoms with Gasteiger partial charge in [-0.25, -0.2) is 5.43 Å². The highest BCUT2D eigenvalue weighted by molar-refractivity contribution is 6.07. The van der Waals surface area contributed by atoms with Crippen LogP contribution in [0.25, 0.3) is 10.9 Å². The number of carbonyl (C=O) groups is 1. The first kappa shape index (κ1) is 15.9. The van der Waals surface area contributed by atoms with Crippen LogP contribution in [0.3, 0.4) is 0 Å². The van der Waals surface area contributed by atoms with Crippen LogP contribution in [-0.4, -0.2) is 16.6 Å². The zero-order valence-electron chi connectivity index (χ0n) is 14.0. The molecule has 0 fully saturated rings. The maximum absolute atomic E-state index is 12.6. The SMILES string of the molecule is CC(=NNC(=O)c1cc(C)nc2ccccc12)c1ccc(C)cc1. The predicted molar refractivity (Wildman–Crippen MR) is 97.3 cm³/mol. The molecule has 0 radical (unpaired) electrons. The molecule has 24 heavy (non-hydrogen) atoms. The van der Waals surface area contributed by atoms with Crippen molar-refractivity contribution in [1.82, 2.24) is 10.4 Å². The average Bonchev–Trinajstić information content (AvgIpc) is 2.59. The van der Waals surface area contributed by atoms with Crippen molar-refractivity contribution in [2.24, 2.45) is 5.10 Å². The van der Waals surface area contributed by atoms with Crippen LogP contribution in [0.1, 0.15) is 34.1 Å². The van der Waals surface area contributed by atoms with Gasteiger partial charge in [-0.15, -0.1) is 0 Å². The first-order valence-electron chi connectivity index (χ1n) is 7.82. The summed E-state index contributed by atoms with van der Waals surface area (Å²) in [5.74, 6) is -0.233. The van der Waals surface area contributed by atoms with Crippen molar-refractivity contribution in [3.05, 3.63) is 77.0 Å². The number of hydrogen-bond acceptors (Lipinski definition) is 3. The van der Waals surface area contributed by atoms with E-state index in [1.165, 1.54) is 5.56 Å². The van der Waals surface area contributed by atoms with Crippen LogP contribution in [0.2, 0.25) is 0 Å². The van der Waals surface area contributed by atoms with Gasteiger partial charge in [0.15, 0.2) is 0 Å². The third-order valence-electron chi connectivity index (χ3n) is 3.88. The lowest BCUT2D eigenvalue weighted by Gasteiger charge is -2.07. The highest BCUT2D eigenvalue weighted by Crippen LogP contribution is 2.18. The Labute approximate surface area is 141 Å². The van der Waals surface area contributed by atoms with Gasteiger partial charge in [-0.1, -0.05) is 48.0 Å². The summed E-state index contributed by atoms with van der Waals surface area (Å²) in [4.78, 5) is 17.0. The van der Waals surface area contributed by atoms with Crippen molar-refractivity contribution in [2.75, 3.05) is 0 Å². The van der Waals surface area contributed by atoms with Crippen molar-refractivity contribution >= 4 is 22.5 Å². The summed E-state index contributed by atoms with van der Waals surface area (Å²) in [5.41, 5.74) is 7.78. The minimum absolute atomic E-state index is 0.233. The monoisotopic (exact) mass is 317 g/mol. The Bertz CT molecular complexity index is 927. The molecule has 0 aliphatic heterocycles. The number of pyridine rings is 1. The van der Waals surface area contributed by atoms with E-state index < -0.39 is 0 Å². The smallest absolute Gasteiger partial charge is 0.267 e. The largest absolute Gasteiger partial charge is 0.272 e. The number of carbonyl (C=O) groups excluding carboxylic acids is 1. The number of hydrogen-bond donors (Lipinski definition) is 1.